The first kappa shape index (κ1) is 58.7. The van der Waals surface area contributed by atoms with E-state index in [9.17, 15) is 14.3 Å². The van der Waals surface area contributed by atoms with Crippen LogP contribution in [0.2, 0.25) is 0 Å². The molecule has 0 aliphatic rings. The molecule has 9 heteroatoms. The van der Waals surface area contributed by atoms with Crippen LogP contribution in [0, 0.1) is 0 Å². The van der Waals surface area contributed by atoms with Crippen molar-refractivity contribution in [1.82, 2.24) is 0 Å². The fourth-order valence-corrected chi connectivity index (χ4v) is 8.07. The summed E-state index contributed by atoms with van der Waals surface area (Å²) in [6, 6.07) is 0. The summed E-state index contributed by atoms with van der Waals surface area (Å²) < 4.78 is 33.6. The number of hydrogen-bond donors (Lipinski definition) is 2. The van der Waals surface area contributed by atoms with E-state index in [1.54, 1.807) is 0 Å². The van der Waals surface area contributed by atoms with Gasteiger partial charge in [0.05, 0.1) is 19.8 Å². The number of carbonyl (C=O) groups is 1. The lowest BCUT2D eigenvalue weighted by Crippen LogP contribution is -2.28. The van der Waals surface area contributed by atoms with Gasteiger partial charge in [0.2, 0.25) is 0 Å². The molecule has 0 saturated carbocycles. The van der Waals surface area contributed by atoms with E-state index in [-0.39, 0.29) is 32.3 Å². The lowest BCUT2D eigenvalue weighted by Gasteiger charge is -2.20. The van der Waals surface area contributed by atoms with E-state index in [1.165, 1.54) is 167 Å². The van der Waals surface area contributed by atoms with Crippen molar-refractivity contribution in [2.45, 2.75) is 251 Å². The van der Waals surface area contributed by atoms with Crippen LogP contribution in [0.4, 0.5) is 0 Å². The Morgan fingerprint density at radius 1 is 0.500 bits per heavy atom. The summed E-state index contributed by atoms with van der Waals surface area (Å²) in [5.41, 5.74) is 5.39. The summed E-state index contributed by atoms with van der Waals surface area (Å²) in [6.45, 7) is 4.92. The van der Waals surface area contributed by atoms with Crippen molar-refractivity contribution in [3.05, 3.63) is 36.5 Å². The number of ether oxygens (including phenoxy) is 2. The number of allylic oxidation sites excluding steroid dienone is 6. The SMILES string of the molecule is CCCCC/C=C\C/C=C\C/C=C\CCCCCCCCC(=O)OC(COCCCCCCCCCCCCCCCCCCCCCCCC)COP(=O)(O)OCCN. The molecule has 0 fully saturated rings. The molecule has 0 heterocycles. The molecule has 0 aromatic heterocycles. The number of hydrogen-bond acceptors (Lipinski definition) is 7. The van der Waals surface area contributed by atoms with Gasteiger partial charge in [-0.1, -0.05) is 224 Å². The summed E-state index contributed by atoms with van der Waals surface area (Å²) >= 11 is 0. The van der Waals surface area contributed by atoms with E-state index in [1.807, 2.05) is 0 Å². The summed E-state index contributed by atoms with van der Waals surface area (Å²) in [7, 11) is -4.28. The predicted octanol–water partition coefficient (Wildman–Crippen LogP) is 15.8. The van der Waals surface area contributed by atoms with Crippen molar-refractivity contribution in [1.29, 1.82) is 0 Å². The first-order valence-corrected chi connectivity index (χ1v) is 27.0. The van der Waals surface area contributed by atoms with E-state index in [2.05, 4.69) is 50.3 Å². The van der Waals surface area contributed by atoms with Crippen LogP contribution >= 0.6 is 7.82 Å². The molecule has 0 radical (unpaired) electrons. The monoisotopic (exact) mass is 868 g/mol. The van der Waals surface area contributed by atoms with Crippen molar-refractivity contribution in [2.24, 2.45) is 5.73 Å². The Labute approximate surface area is 371 Å². The average Bonchev–Trinajstić information content (AvgIpc) is 3.24. The van der Waals surface area contributed by atoms with Gasteiger partial charge in [-0.2, -0.15) is 0 Å². The van der Waals surface area contributed by atoms with Gasteiger partial charge in [0.25, 0.3) is 0 Å². The highest BCUT2D eigenvalue weighted by molar-refractivity contribution is 7.47. The normalized spacial score (nSPS) is 13.6. The molecule has 0 amide bonds. The van der Waals surface area contributed by atoms with Gasteiger partial charge in [-0.15, -0.1) is 0 Å². The quantitative estimate of drug-likeness (QED) is 0.0269. The first-order chi connectivity index (χ1) is 29.4. The molecule has 0 saturated heterocycles. The zero-order valence-corrected chi connectivity index (χ0v) is 40.3. The second-order valence-electron chi connectivity index (χ2n) is 17.0. The molecule has 0 aromatic rings. The van der Waals surface area contributed by atoms with Gasteiger partial charge in [-0.3, -0.25) is 13.8 Å². The minimum atomic E-state index is -4.28. The van der Waals surface area contributed by atoms with Crippen LogP contribution in [0.15, 0.2) is 36.5 Å². The van der Waals surface area contributed by atoms with Gasteiger partial charge in [-0.05, 0) is 51.4 Å². The summed E-state index contributed by atoms with van der Waals surface area (Å²) in [6.07, 6.45) is 57.5. The summed E-state index contributed by atoms with van der Waals surface area (Å²) in [4.78, 5) is 22.6. The number of phosphoric acid groups is 1. The topological polar surface area (TPSA) is 117 Å². The molecule has 0 aromatic carbocycles. The minimum absolute atomic E-state index is 0.0971. The molecule has 0 aliphatic carbocycles. The minimum Gasteiger partial charge on any atom is -0.457 e. The number of phosphoric ester groups is 1. The Morgan fingerprint density at radius 2 is 0.883 bits per heavy atom. The summed E-state index contributed by atoms with van der Waals surface area (Å²) in [5.74, 6) is -0.339. The second kappa shape index (κ2) is 48.7. The van der Waals surface area contributed by atoms with Crippen LogP contribution in [-0.4, -0.2) is 49.9 Å². The van der Waals surface area contributed by atoms with Gasteiger partial charge in [0, 0.05) is 19.6 Å². The van der Waals surface area contributed by atoms with E-state index in [0.29, 0.717) is 13.0 Å². The fraction of sp³-hybridized carbons (Fsp3) is 0.863. The standard InChI is InChI=1S/C51H98NO7P/c1-3-5-7-9-11-13-15-17-19-21-23-24-25-27-29-31-33-35-37-39-41-43-46-56-48-50(49-58-60(54,55)57-47-45-52)59-51(53)44-42-40-38-36-34-32-30-28-26-22-20-18-16-14-12-10-8-6-4-2/h12,14,18,20,26,28,50H,3-11,13,15-17,19,21-25,27,29-49,52H2,1-2H3,(H,54,55)/b14-12-,20-18-,28-26-. The van der Waals surface area contributed by atoms with Crippen LogP contribution in [-0.2, 0) is 27.9 Å². The van der Waals surface area contributed by atoms with Crippen LogP contribution in [0.1, 0.15) is 245 Å². The van der Waals surface area contributed by atoms with E-state index >= 15 is 0 Å². The number of rotatable bonds is 49. The Kier molecular flexibility index (Phi) is 47.7. The number of nitrogens with two attached hydrogens (primary N) is 1. The molecule has 60 heavy (non-hydrogen) atoms. The predicted molar refractivity (Wildman–Crippen MR) is 256 cm³/mol. The highest BCUT2D eigenvalue weighted by Gasteiger charge is 2.25. The maximum atomic E-state index is 12.6. The van der Waals surface area contributed by atoms with Crippen LogP contribution in [0.3, 0.4) is 0 Å². The maximum Gasteiger partial charge on any atom is 0.472 e. The van der Waals surface area contributed by atoms with Gasteiger partial charge < -0.3 is 20.1 Å². The van der Waals surface area contributed by atoms with E-state index in [4.69, 9.17) is 24.3 Å². The van der Waals surface area contributed by atoms with Crippen LogP contribution in [0.5, 0.6) is 0 Å². The average molecular weight is 868 g/mol. The molecule has 354 valence electrons. The van der Waals surface area contributed by atoms with Crippen molar-refractivity contribution >= 4 is 13.8 Å². The molecular weight excluding hydrogens is 770 g/mol. The van der Waals surface area contributed by atoms with Crippen molar-refractivity contribution in [2.75, 3.05) is 33.0 Å². The maximum absolute atomic E-state index is 12.6. The highest BCUT2D eigenvalue weighted by Crippen LogP contribution is 2.43. The third-order valence-corrected chi connectivity index (χ3v) is 12.0. The second-order valence-corrected chi connectivity index (χ2v) is 18.5. The molecular formula is C51H98NO7P. The molecule has 0 bridgehead atoms. The third-order valence-electron chi connectivity index (χ3n) is 11.1. The van der Waals surface area contributed by atoms with Crippen LogP contribution < -0.4 is 5.73 Å². The zero-order chi connectivity index (χ0) is 43.7. The van der Waals surface area contributed by atoms with E-state index in [0.717, 1.165) is 57.8 Å². The fourth-order valence-electron chi connectivity index (χ4n) is 7.30. The third kappa shape index (κ3) is 47.8. The Balaban J connectivity index is 3.94. The van der Waals surface area contributed by atoms with Gasteiger partial charge >= 0.3 is 13.8 Å². The lowest BCUT2D eigenvalue weighted by molar-refractivity contribution is -0.154. The largest absolute Gasteiger partial charge is 0.472 e. The van der Waals surface area contributed by atoms with Crippen LogP contribution in [0.25, 0.3) is 0 Å². The van der Waals surface area contributed by atoms with Gasteiger partial charge in [0.15, 0.2) is 0 Å². The number of carbonyl (C=O) groups excluding carboxylic acids is 1. The van der Waals surface area contributed by atoms with Gasteiger partial charge in [-0.25, -0.2) is 4.57 Å². The molecule has 3 N–H and O–H groups in total. The smallest absolute Gasteiger partial charge is 0.457 e. The molecule has 0 spiro atoms. The Morgan fingerprint density at radius 3 is 1.35 bits per heavy atom. The Bertz CT molecular complexity index is 1020. The number of unbranched alkanes of at least 4 members (excludes halogenated alkanes) is 30. The van der Waals surface area contributed by atoms with Gasteiger partial charge in [0.1, 0.15) is 6.10 Å². The van der Waals surface area contributed by atoms with Crippen molar-refractivity contribution in [3.8, 4) is 0 Å². The summed E-state index contributed by atoms with van der Waals surface area (Å²) in [5, 5.41) is 0. The lowest BCUT2D eigenvalue weighted by atomic mass is 10.0. The van der Waals surface area contributed by atoms with Crippen molar-refractivity contribution in [3.63, 3.8) is 0 Å². The molecule has 0 rings (SSSR count). The Hall–Kier alpha value is -1.28. The zero-order valence-electron chi connectivity index (χ0n) is 39.5. The first-order valence-electron chi connectivity index (χ1n) is 25.5. The molecule has 8 nitrogen and oxygen atoms in total. The van der Waals surface area contributed by atoms with Crippen molar-refractivity contribution < 1.29 is 32.8 Å². The molecule has 2 unspecified atom stereocenters. The molecule has 2 atom stereocenters. The highest BCUT2D eigenvalue weighted by atomic mass is 31.2. The number of esters is 1. The van der Waals surface area contributed by atoms with E-state index < -0.39 is 13.9 Å². The molecule has 0 aliphatic heterocycles.